The van der Waals surface area contributed by atoms with Gasteiger partial charge in [0, 0.05) is 17.7 Å². The highest BCUT2D eigenvalue weighted by atomic mass is 16.5. The molecule has 0 radical (unpaired) electrons. The van der Waals surface area contributed by atoms with Crippen LogP contribution in [0.5, 0.6) is 0 Å². The largest absolute Gasteiger partial charge is 0.478 e. The summed E-state index contributed by atoms with van der Waals surface area (Å²) in [6.07, 6.45) is 4.40. The van der Waals surface area contributed by atoms with Crippen molar-refractivity contribution < 1.29 is 14.6 Å². The van der Waals surface area contributed by atoms with Gasteiger partial charge in [0.15, 0.2) is 0 Å². The maximum Gasteiger partial charge on any atom is 0.331 e. The Kier molecular flexibility index (Phi) is 5.73. The standard InChI is InChI=1S/C15H24N2O3/c1-2-12(15(18)19)13-5-9-20-10-6-14(13)16-11-17-7-3-4-8-17/h2-11H2,1H3,(H,18,19)/b13-12+,16-14?. The molecule has 1 N–H and O–H groups in total. The Balaban J connectivity index is 2.19. The number of hydrogen-bond donors (Lipinski definition) is 1. The normalized spacial score (nSPS) is 25.8. The first-order chi connectivity index (χ1) is 9.72. The molecule has 5 nitrogen and oxygen atoms in total. The molecule has 20 heavy (non-hydrogen) atoms. The van der Waals surface area contributed by atoms with E-state index in [4.69, 9.17) is 9.73 Å². The van der Waals surface area contributed by atoms with Crippen LogP contribution in [0.15, 0.2) is 16.1 Å². The molecule has 2 aliphatic heterocycles. The molecule has 0 aromatic heterocycles. The van der Waals surface area contributed by atoms with E-state index in [1.165, 1.54) is 12.8 Å². The second kappa shape index (κ2) is 7.55. The molecule has 2 fully saturated rings. The van der Waals surface area contributed by atoms with Crippen molar-refractivity contribution in [2.24, 2.45) is 4.99 Å². The van der Waals surface area contributed by atoms with Crippen LogP contribution in [0, 0.1) is 0 Å². The van der Waals surface area contributed by atoms with Gasteiger partial charge in [-0.25, -0.2) is 4.79 Å². The lowest BCUT2D eigenvalue weighted by Crippen LogP contribution is -2.21. The van der Waals surface area contributed by atoms with Gasteiger partial charge in [-0.3, -0.25) is 9.89 Å². The minimum atomic E-state index is -0.821. The van der Waals surface area contributed by atoms with Gasteiger partial charge in [-0.05, 0) is 44.3 Å². The fourth-order valence-electron chi connectivity index (χ4n) is 2.84. The van der Waals surface area contributed by atoms with Crippen LogP contribution in [0.4, 0.5) is 0 Å². The van der Waals surface area contributed by atoms with E-state index in [0.717, 1.165) is 30.8 Å². The number of aliphatic carboxylic acids is 1. The molecule has 0 aliphatic carbocycles. The SMILES string of the molecule is CC/C(C(=O)O)=C1/CCOCCC1=NCN1CCCC1. The quantitative estimate of drug-likeness (QED) is 0.801. The number of hydrogen-bond acceptors (Lipinski definition) is 4. The second-order valence-electron chi connectivity index (χ2n) is 5.30. The minimum absolute atomic E-state index is 0.496. The Labute approximate surface area is 120 Å². The van der Waals surface area contributed by atoms with Crippen LogP contribution in [0.2, 0.25) is 0 Å². The Morgan fingerprint density at radius 1 is 1.30 bits per heavy atom. The zero-order valence-corrected chi connectivity index (χ0v) is 12.2. The van der Waals surface area contributed by atoms with Gasteiger partial charge >= 0.3 is 5.97 Å². The van der Waals surface area contributed by atoms with E-state index in [1.807, 2.05) is 6.92 Å². The van der Waals surface area contributed by atoms with Crippen molar-refractivity contribution in [2.45, 2.75) is 39.0 Å². The summed E-state index contributed by atoms with van der Waals surface area (Å²) < 4.78 is 5.48. The molecule has 0 bridgehead atoms. The third kappa shape index (κ3) is 3.90. The first-order valence-electron chi connectivity index (χ1n) is 7.51. The minimum Gasteiger partial charge on any atom is -0.478 e. The molecular weight excluding hydrogens is 256 g/mol. The highest BCUT2D eigenvalue weighted by Gasteiger charge is 2.20. The number of carboxylic acids is 1. The smallest absolute Gasteiger partial charge is 0.331 e. The first-order valence-corrected chi connectivity index (χ1v) is 7.51. The molecule has 2 rings (SSSR count). The molecule has 2 heterocycles. The topological polar surface area (TPSA) is 62.1 Å². The Morgan fingerprint density at radius 3 is 2.65 bits per heavy atom. The molecule has 0 aromatic carbocycles. The van der Waals surface area contributed by atoms with Crippen LogP contribution in [-0.4, -0.2) is 54.7 Å². The van der Waals surface area contributed by atoms with E-state index in [2.05, 4.69) is 4.90 Å². The average molecular weight is 280 g/mol. The van der Waals surface area contributed by atoms with Crippen LogP contribution in [0.1, 0.15) is 39.0 Å². The number of rotatable bonds is 4. The molecule has 2 saturated heterocycles. The highest BCUT2D eigenvalue weighted by Crippen LogP contribution is 2.20. The summed E-state index contributed by atoms with van der Waals surface area (Å²) >= 11 is 0. The number of likely N-dealkylation sites (tertiary alicyclic amines) is 1. The van der Waals surface area contributed by atoms with Crippen molar-refractivity contribution in [1.82, 2.24) is 4.90 Å². The summed E-state index contributed by atoms with van der Waals surface area (Å²) in [4.78, 5) is 18.4. The summed E-state index contributed by atoms with van der Waals surface area (Å²) in [5.74, 6) is -0.821. The molecular formula is C15H24N2O3. The van der Waals surface area contributed by atoms with Crippen LogP contribution < -0.4 is 0 Å². The van der Waals surface area contributed by atoms with E-state index in [0.29, 0.717) is 38.3 Å². The molecule has 0 unspecified atom stereocenters. The Bertz CT molecular complexity index is 409. The summed E-state index contributed by atoms with van der Waals surface area (Å²) in [5, 5.41) is 9.35. The summed E-state index contributed by atoms with van der Waals surface area (Å²) in [5.41, 5.74) is 2.33. The monoisotopic (exact) mass is 280 g/mol. The van der Waals surface area contributed by atoms with Crippen LogP contribution in [0.25, 0.3) is 0 Å². The van der Waals surface area contributed by atoms with Gasteiger partial charge in [0.05, 0.1) is 19.9 Å². The van der Waals surface area contributed by atoms with E-state index >= 15 is 0 Å². The molecule has 0 aromatic rings. The average Bonchev–Trinajstić information content (AvgIpc) is 2.84. The maximum absolute atomic E-state index is 11.4. The van der Waals surface area contributed by atoms with Crippen LogP contribution >= 0.6 is 0 Å². The van der Waals surface area contributed by atoms with E-state index in [9.17, 15) is 9.90 Å². The third-order valence-corrected chi connectivity index (χ3v) is 3.96. The highest BCUT2D eigenvalue weighted by molar-refractivity contribution is 6.06. The molecule has 0 spiro atoms. The van der Waals surface area contributed by atoms with Gasteiger partial charge in [0.2, 0.25) is 0 Å². The van der Waals surface area contributed by atoms with Gasteiger partial charge < -0.3 is 9.84 Å². The summed E-state index contributed by atoms with van der Waals surface area (Å²) in [6, 6.07) is 0. The lowest BCUT2D eigenvalue weighted by atomic mass is 9.97. The lowest BCUT2D eigenvalue weighted by Gasteiger charge is -2.15. The van der Waals surface area contributed by atoms with Gasteiger partial charge in [0.25, 0.3) is 0 Å². The fraction of sp³-hybridized carbons (Fsp3) is 0.733. The van der Waals surface area contributed by atoms with E-state index in [-0.39, 0.29) is 0 Å². The molecule has 112 valence electrons. The number of carbonyl (C=O) groups is 1. The number of carboxylic acid groups (broad SMARTS) is 1. The zero-order valence-electron chi connectivity index (χ0n) is 12.2. The number of ether oxygens (including phenoxy) is 1. The van der Waals surface area contributed by atoms with Gasteiger partial charge in [-0.1, -0.05) is 6.92 Å². The summed E-state index contributed by atoms with van der Waals surface area (Å²) in [6.45, 7) is 6.02. The third-order valence-electron chi connectivity index (χ3n) is 3.96. The van der Waals surface area contributed by atoms with Crippen molar-refractivity contribution in [1.29, 1.82) is 0 Å². The van der Waals surface area contributed by atoms with Gasteiger partial charge in [-0.2, -0.15) is 0 Å². The molecule has 5 heteroatoms. The van der Waals surface area contributed by atoms with Crippen molar-refractivity contribution in [3.8, 4) is 0 Å². The van der Waals surface area contributed by atoms with Crippen molar-refractivity contribution in [2.75, 3.05) is 33.0 Å². The second-order valence-corrected chi connectivity index (χ2v) is 5.30. The van der Waals surface area contributed by atoms with Crippen molar-refractivity contribution >= 4 is 11.7 Å². The number of aliphatic imine (C=N–C) groups is 1. The maximum atomic E-state index is 11.4. The molecule has 2 aliphatic rings. The molecule has 0 atom stereocenters. The molecule has 0 amide bonds. The summed E-state index contributed by atoms with van der Waals surface area (Å²) in [7, 11) is 0. The van der Waals surface area contributed by atoms with Gasteiger partial charge in [-0.15, -0.1) is 0 Å². The van der Waals surface area contributed by atoms with E-state index < -0.39 is 5.97 Å². The lowest BCUT2D eigenvalue weighted by molar-refractivity contribution is -0.132. The Hall–Kier alpha value is -1.20. The van der Waals surface area contributed by atoms with Crippen molar-refractivity contribution in [3.63, 3.8) is 0 Å². The predicted octanol–water partition coefficient (Wildman–Crippen LogP) is 2.08. The fourth-order valence-corrected chi connectivity index (χ4v) is 2.84. The Morgan fingerprint density at radius 2 is 2.00 bits per heavy atom. The van der Waals surface area contributed by atoms with E-state index in [1.54, 1.807) is 0 Å². The number of nitrogens with zero attached hydrogens (tertiary/aromatic N) is 2. The predicted molar refractivity (Wildman–Crippen MR) is 78.1 cm³/mol. The molecule has 0 saturated carbocycles. The first kappa shape index (κ1) is 15.2. The van der Waals surface area contributed by atoms with Crippen molar-refractivity contribution in [3.05, 3.63) is 11.1 Å². The van der Waals surface area contributed by atoms with Gasteiger partial charge in [0.1, 0.15) is 0 Å². The van der Waals surface area contributed by atoms with Crippen LogP contribution in [-0.2, 0) is 9.53 Å². The zero-order chi connectivity index (χ0) is 14.4. The van der Waals surface area contributed by atoms with Crippen LogP contribution in [0.3, 0.4) is 0 Å².